The third-order valence-electron chi connectivity index (χ3n) is 2.82. The molecule has 1 aromatic carbocycles. The Kier molecular flexibility index (Phi) is 3.90. The first-order valence-corrected chi connectivity index (χ1v) is 7.99. The predicted octanol–water partition coefficient (Wildman–Crippen LogP) is -0.159. The van der Waals surface area contributed by atoms with Gasteiger partial charge in [-0.15, -0.1) is 11.3 Å². The van der Waals surface area contributed by atoms with Gasteiger partial charge in [0.15, 0.2) is 0 Å². The molecule has 0 aliphatic carbocycles. The monoisotopic (exact) mass is 301 g/mol. The van der Waals surface area contributed by atoms with E-state index in [0.29, 0.717) is 13.1 Å². The van der Waals surface area contributed by atoms with Gasteiger partial charge in [0.25, 0.3) is 10.2 Å². The van der Waals surface area contributed by atoms with E-state index in [1.54, 1.807) is 11.3 Å². The Labute approximate surface area is 115 Å². The van der Waals surface area contributed by atoms with E-state index in [1.165, 1.54) is 10.1 Å². The van der Waals surface area contributed by atoms with E-state index >= 15 is 0 Å². The van der Waals surface area contributed by atoms with E-state index in [2.05, 4.69) is 33.1 Å². The fraction of sp³-hybridized carbons (Fsp3) is 0.273. The second-order valence-corrected chi connectivity index (χ2v) is 6.46. The van der Waals surface area contributed by atoms with Crippen molar-refractivity contribution in [2.45, 2.75) is 5.60 Å². The standard InChI is InChI=1S/C11H11NOS.H4N2O2S/c13-11(6-12-7-11)9-5-14-10-4-2-1-3-8(9)10;1-5(2,3)4/h1-5,12-13H,6-7H2;(H4,1,2,3,4). The lowest BCUT2D eigenvalue weighted by molar-refractivity contribution is -0.0129. The molecule has 1 aliphatic heterocycles. The van der Waals surface area contributed by atoms with Crippen molar-refractivity contribution in [2.75, 3.05) is 13.1 Å². The maximum atomic E-state index is 10.2. The lowest BCUT2D eigenvalue weighted by atomic mass is 9.88. The number of thiophene rings is 1. The Morgan fingerprint density at radius 2 is 1.84 bits per heavy atom. The van der Waals surface area contributed by atoms with Gasteiger partial charge in [-0.2, -0.15) is 8.42 Å². The third-order valence-corrected chi connectivity index (χ3v) is 3.78. The molecule has 0 spiro atoms. The summed E-state index contributed by atoms with van der Waals surface area (Å²) in [6, 6.07) is 8.23. The molecule has 19 heavy (non-hydrogen) atoms. The number of fused-ring (bicyclic) bond motifs is 1. The molecule has 1 saturated heterocycles. The summed E-state index contributed by atoms with van der Waals surface area (Å²) in [6.07, 6.45) is 0. The molecule has 1 aromatic heterocycles. The van der Waals surface area contributed by atoms with Crippen molar-refractivity contribution in [3.8, 4) is 0 Å². The number of benzene rings is 1. The topological polar surface area (TPSA) is 118 Å². The molecule has 2 heterocycles. The predicted molar refractivity (Wildman–Crippen MR) is 75.9 cm³/mol. The third kappa shape index (κ3) is 3.50. The summed E-state index contributed by atoms with van der Waals surface area (Å²) < 4.78 is 19.6. The number of rotatable bonds is 1. The number of nitrogens with two attached hydrogens (primary N) is 2. The second kappa shape index (κ2) is 5.16. The number of aliphatic hydroxyl groups is 1. The molecule has 8 heteroatoms. The zero-order valence-electron chi connectivity index (χ0n) is 10.0. The van der Waals surface area contributed by atoms with Crippen molar-refractivity contribution >= 4 is 31.6 Å². The van der Waals surface area contributed by atoms with Crippen LogP contribution in [0.15, 0.2) is 29.6 Å². The largest absolute Gasteiger partial charge is 0.382 e. The van der Waals surface area contributed by atoms with E-state index in [0.717, 1.165) is 5.56 Å². The minimum atomic E-state index is -3.67. The number of hydrogen-bond donors (Lipinski definition) is 4. The van der Waals surface area contributed by atoms with E-state index in [4.69, 9.17) is 0 Å². The smallest absolute Gasteiger partial charge is 0.271 e. The van der Waals surface area contributed by atoms with Crippen LogP contribution in [0.4, 0.5) is 0 Å². The first-order chi connectivity index (χ1) is 8.80. The first kappa shape index (κ1) is 14.4. The molecule has 3 rings (SSSR count). The van der Waals surface area contributed by atoms with Crippen LogP contribution in [-0.2, 0) is 15.8 Å². The highest BCUT2D eigenvalue weighted by atomic mass is 32.2. The average molecular weight is 301 g/mol. The highest BCUT2D eigenvalue weighted by molar-refractivity contribution is 7.86. The number of β-amino-alcohol motifs (C(OH)–C–C–N with tert-alkyl or cyclic N) is 1. The van der Waals surface area contributed by atoms with E-state index in [-0.39, 0.29) is 0 Å². The van der Waals surface area contributed by atoms with Crippen LogP contribution < -0.4 is 15.6 Å². The van der Waals surface area contributed by atoms with Gasteiger partial charge in [0.05, 0.1) is 0 Å². The van der Waals surface area contributed by atoms with Crippen LogP contribution in [0.25, 0.3) is 10.1 Å². The molecular formula is C11H15N3O3S2. The van der Waals surface area contributed by atoms with Crippen molar-refractivity contribution in [3.63, 3.8) is 0 Å². The lowest BCUT2D eigenvalue weighted by Crippen LogP contribution is -2.56. The molecule has 0 amide bonds. The summed E-state index contributed by atoms with van der Waals surface area (Å²) in [5.41, 5.74) is 0.455. The van der Waals surface area contributed by atoms with Crippen molar-refractivity contribution in [1.29, 1.82) is 0 Å². The SMILES string of the molecule is NS(N)(=O)=O.OC1(c2csc3ccccc23)CNC1. The second-order valence-electron chi connectivity index (χ2n) is 4.37. The van der Waals surface area contributed by atoms with E-state index in [1.807, 2.05) is 12.1 Å². The number of hydrogen-bond acceptors (Lipinski definition) is 5. The van der Waals surface area contributed by atoms with Gasteiger partial charge in [0.1, 0.15) is 5.60 Å². The van der Waals surface area contributed by atoms with Gasteiger partial charge in [-0.05, 0) is 16.8 Å². The maximum Gasteiger partial charge on any atom is 0.271 e. The highest BCUT2D eigenvalue weighted by Gasteiger charge is 2.37. The summed E-state index contributed by atoms with van der Waals surface area (Å²) >= 11 is 1.70. The minimum absolute atomic E-state index is 0.625. The van der Waals surface area contributed by atoms with Crippen molar-refractivity contribution < 1.29 is 13.5 Å². The summed E-state index contributed by atoms with van der Waals surface area (Å²) in [5.74, 6) is 0. The summed E-state index contributed by atoms with van der Waals surface area (Å²) in [7, 11) is -3.67. The Morgan fingerprint density at radius 3 is 2.37 bits per heavy atom. The van der Waals surface area contributed by atoms with Crippen LogP contribution in [0.3, 0.4) is 0 Å². The van der Waals surface area contributed by atoms with Crippen LogP contribution in [0.1, 0.15) is 5.56 Å². The zero-order valence-corrected chi connectivity index (χ0v) is 11.7. The fourth-order valence-electron chi connectivity index (χ4n) is 1.89. The Balaban J connectivity index is 0.000000232. The molecule has 1 fully saturated rings. The van der Waals surface area contributed by atoms with Gasteiger partial charge in [0, 0.05) is 23.4 Å². The van der Waals surface area contributed by atoms with Gasteiger partial charge in [-0.1, -0.05) is 18.2 Å². The van der Waals surface area contributed by atoms with Crippen molar-refractivity contribution in [2.24, 2.45) is 10.3 Å². The molecule has 0 radical (unpaired) electrons. The molecule has 2 aromatic rings. The summed E-state index contributed by atoms with van der Waals surface area (Å²) in [6.45, 7) is 1.35. The normalized spacial score (nSPS) is 17.4. The molecular weight excluding hydrogens is 286 g/mol. The van der Waals surface area contributed by atoms with Gasteiger partial charge in [0.2, 0.25) is 0 Å². The molecule has 6 nitrogen and oxygen atoms in total. The van der Waals surface area contributed by atoms with Crippen molar-refractivity contribution in [1.82, 2.24) is 5.32 Å². The molecule has 0 saturated carbocycles. The first-order valence-electron chi connectivity index (χ1n) is 5.50. The molecule has 1 aliphatic rings. The van der Waals surface area contributed by atoms with Crippen LogP contribution in [0.5, 0.6) is 0 Å². The lowest BCUT2D eigenvalue weighted by Gasteiger charge is -2.37. The van der Waals surface area contributed by atoms with Crippen LogP contribution in [0, 0.1) is 0 Å². The van der Waals surface area contributed by atoms with E-state index in [9.17, 15) is 13.5 Å². The molecule has 0 unspecified atom stereocenters. The quantitative estimate of drug-likeness (QED) is 0.585. The average Bonchev–Trinajstić information content (AvgIpc) is 2.67. The highest BCUT2D eigenvalue weighted by Crippen LogP contribution is 2.35. The minimum Gasteiger partial charge on any atom is -0.382 e. The zero-order chi connectivity index (χ0) is 14.1. The summed E-state index contributed by atoms with van der Waals surface area (Å²) in [5, 5.41) is 24.8. The Hall–Kier alpha value is -1.03. The molecule has 0 bridgehead atoms. The molecule has 104 valence electrons. The van der Waals surface area contributed by atoms with Crippen LogP contribution in [-0.4, -0.2) is 26.6 Å². The molecule has 6 N–H and O–H groups in total. The van der Waals surface area contributed by atoms with Gasteiger partial charge in [-0.25, -0.2) is 10.3 Å². The molecule has 0 atom stereocenters. The summed E-state index contributed by atoms with van der Waals surface area (Å²) in [4.78, 5) is 0. The van der Waals surface area contributed by atoms with E-state index < -0.39 is 15.8 Å². The van der Waals surface area contributed by atoms with Crippen molar-refractivity contribution in [3.05, 3.63) is 35.2 Å². The fourth-order valence-corrected chi connectivity index (χ4v) is 2.94. The Morgan fingerprint density at radius 1 is 1.26 bits per heavy atom. The van der Waals surface area contributed by atoms with Gasteiger partial charge < -0.3 is 10.4 Å². The van der Waals surface area contributed by atoms with Crippen LogP contribution in [0.2, 0.25) is 0 Å². The van der Waals surface area contributed by atoms with Crippen LogP contribution >= 0.6 is 11.3 Å². The maximum absolute atomic E-state index is 10.2. The van der Waals surface area contributed by atoms with Gasteiger partial charge >= 0.3 is 0 Å². The van der Waals surface area contributed by atoms with Gasteiger partial charge in [-0.3, -0.25) is 0 Å². The number of nitrogens with one attached hydrogen (secondary N) is 1. The Bertz CT molecular complexity index is 669.